The van der Waals surface area contributed by atoms with Crippen molar-refractivity contribution >= 4 is 5.78 Å². The van der Waals surface area contributed by atoms with Crippen LogP contribution in [0.1, 0.15) is 42.6 Å². The van der Waals surface area contributed by atoms with Crippen LogP contribution < -0.4 is 9.47 Å². The molecule has 0 radical (unpaired) electrons. The number of hydrogen-bond acceptors (Lipinski definition) is 3. The quantitative estimate of drug-likeness (QED) is 0.754. The van der Waals surface area contributed by atoms with E-state index < -0.39 is 0 Å². The van der Waals surface area contributed by atoms with Crippen molar-refractivity contribution in [2.75, 3.05) is 14.2 Å². The van der Waals surface area contributed by atoms with Gasteiger partial charge in [0.2, 0.25) is 0 Å². The van der Waals surface area contributed by atoms with Crippen molar-refractivity contribution in [3.63, 3.8) is 0 Å². The van der Waals surface area contributed by atoms with Crippen molar-refractivity contribution in [2.24, 2.45) is 5.41 Å². The van der Waals surface area contributed by atoms with Gasteiger partial charge in [0.05, 0.1) is 19.8 Å². The SMILES string of the molecule is COc1ccc(OC)c2c1CCC(C)(C)CC2=O. The Morgan fingerprint density at radius 1 is 1.11 bits per heavy atom. The maximum Gasteiger partial charge on any atom is 0.167 e. The molecule has 0 amide bonds. The van der Waals surface area contributed by atoms with Gasteiger partial charge in [-0.3, -0.25) is 4.79 Å². The molecule has 0 saturated carbocycles. The zero-order valence-electron chi connectivity index (χ0n) is 11.5. The lowest BCUT2D eigenvalue weighted by molar-refractivity contribution is 0.0931. The van der Waals surface area contributed by atoms with E-state index in [4.69, 9.17) is 9.47 Å². The maximum atomic E-state index is 12.4. The normalized spacial score (nSPS) is 17.9. The van der Waals surface area contributed by atoms with Crippen LogP contribution in [0.5, 0.6) is 11.5 Å². The molecule has 3 nitrogen and oxygen atoms in total. The summed E-state index contributed by atoms with van der Waals surface area (Å²) in [5, 5.41) is 0. The number of Topliss-reactive ketones (excluding diaryl/α,β-unsaturated/α-hetero) is 1. The predicted octanol–water partition coefficient (Wildman–Crippen LogP) is 3.25. The van der Waals surface area contributed by atoms with Crippen molar-refractivity contribution in [2.45, 2.75) is 33.1 Å². The van der Waals surface area contributed by atoms with Crippen LogP contribution in [0.2, 0.25) is 0 Å². The van der Waals surface area contributed by atoms with Crippen LogP contribution in [0.25, 0.3) is 0 Å². The second-order valence-electron chi connectivity index (χ2n) is 5.59. The number of methoxy groups -OCH3 is 2. The lowest BCUT2D eigenvalue weighted by atomic mass is 9.84. The van der Waals surface area contributed by atoms with Gasteiger partial charge in [-0.2, -0.15) is 0 Å². The summed E-state index contributed by atoms with van der Waals surface area (Å²) in [6.07, 6.45) is 2.40. The highest BCUT2D eigenvalue weighted by Gasteiger charge is 2.31. The lowest BCUT2D eigenvalue weighted by Gasteiger charge is -2.20. The standard InChI is InChI=1S/C15H20O3/c1-15(2)8-7-10-12(17-3)5-6-13(18-4)14(10)11(16)9-15/h5-6H,7-9H2,1-4H3. The molecule has 0 bridgehead atoms. The average Bonchev–Trinajstić information content (AvgIpc) is 2.45. The first-order valence-corrected chi connectivity index (χ1v) is 6.25. The summed E-state index contributed by atoms with van der Waals surface area (Å²) in [5.41, 5.74) is 1.74. The topological polar surface area (TPSA) is 35.5 Å². The van der Waals surface area contributed by atoms with Gasteiger partial charge < -0.3 is 9.47 Å². The molecule has 0 saturated heterocycles. The third kappa shape index (κ3) is 2.22. The fourth-order valence-corrected chi connectivity index (χ4v) is 2.60. The van der Waals surface area contributed by atoms with Crippen LogP contribution in [0.15, 0.2) is 12.1 Å². The number of carbonyl (C=O) groups excluding carboxylic acids is 1. The number of benzene rings is 1. The Balaban J connectivity index is 2.59. The average molecular weight is 248 g/mol. The molecule has 98 valence electrons. The third-order valence-corrected chi connectivity index (χ3v) is 3.64. The van der Waals surface area contributed by atoms with Gasteiger partial charge in [-0.1, -0.05) is 13.8 Å². The Morgan fingerprint density at radius 3 is 2.33 bits per heavy atom. The molecule has 0 unspecified atom stereocenters. The number of ether oxygens (including phenoxy) is 2. The minimum atomic E-state index is 0.0339. The summed E-state index contributed by atoms with van der Waals surface area (Å²) in [5.74, 6) is 1.61. The lowest BCUT2D eigenvalue weighted by Crippen LogP contribution is -2.15. The van der Waals surface area contributed by atoms with Gasteiger partial charge in [0, 0.05) is 12.0 Å². The molecule has 0 fully saturated rings. The smallest absolute Gasteiger partial charge is 0.167 e. The van der Waals surface area contributed by atoms with E-state index in [-0.39, 0.29) is 11.2 Å². The molecule has 0 atom stereocenters. The summed E-state index contributed by atoms with van der Waals surface area (Å²) in [6, 6.07) is 3.69. The zero-order valence-corrected chi connectivity index (χ0v) is 11.5. The van der Waals surface area contributed by atoms with Crippen LogP contribution in [0.4, 0.5) is 0 Å². The van der Waals surface area contributed by atoms with Gasteiger partial charge in [-0.15, -0.1) is 0 Å². The monoisotopic (exact) mass is 248 g/mol. The van der Waals surface area contributed by atoms with Crippen molar-refractivity contribution < 1.29 is 14.3 Å². The van der Waals surface area contributed by atoms with Crippen molar-refractivity contribution in [3.8, 4) is 11.5 Å². The number of carbonyl (C=O) groups is 1. The second-order valence-corrected chi connectivity index (χ2v) is 5.59. The van der Waals surface area contributed by atoms with E-state index in [9.17, 15) is 4.79 Å². The summed E-state index contributed by atoms with van der Waals surface area (Å²) in [6.45, 7) is 4.27. The molecule has 1 aromatic carbocycles. The van der Waals surface area contributed by atoms with E-state index >= 15 is 0 Å². The number of hydrogen-bond donors (Lipinski definition) is 0. The van der Waals surface area contributed by atoms with Gasteiger partial charge in [0.1, 0.15) is 11.5 Å². The molecule has 3 heteroatoms. The van der Waals surface area contributed by atoms with Crippen molar-refractivity contribution in [3.05, 3.63) is 23.3 Å². The maximum absolute atomic E-state index is 12.4. The van der Waals surface area contributed by atoms with E-state index in [1.807, 2.05) is 12.1 Å². The molecule has 2 rings (SSSR count). The molecule has 1 aromatic rings. The molecule has 0 N–H and O–H groups in total. The number of fused-ring (bicyclic) bond motifs is 1. The van der Waals surface area contributed by atoms with Gasteiger partial charge in [-0.25, -0.2) is 0 Å². The first-order chi connectivity index (χ1) is 8.48. The number of rotatable bonds is 2. The minimum Gasteiger partial charge on any atom is -0.496 e. The highest BCUT2D eigenvalue weighted by molar-refractivity contribution is 6.01. The minimum absolute atomic E-state index is 0.0339. The van der Waals surface area contributed by atoms with E-state index in [0.29, 0.717) is 17.7 Å². The van der Waals surface area contributed by atoms with E-state index in [2.05, 4.69) is 13.8 Å². The van der Waals surface area contributed by atoms with Gasteiger partial charge >= 0.3 is 0 Å². The summed E-state index contributed by atoms with van der Waals surface area (Å²) < 4.78 is 10.7. The summed E-state index contributed by atoms with van der Waals surface area (Å²) >= 11 is 0. The van der Waals surface area contributed by atoms with Crippen LogP contribution >= 0.6 is 0 Å². The Morgan fingerprint density at radius 2 is 1.72 bits per heavy atom. The first kappa shape index (κ1) is 12.9. The molecule has 0 aliphatic heterocycles. The summed E-state index contributed by atoms with van der Waals surface area (Å²) in [4.78, 5) is 12.4. The molecule has 0 aromatic heterocycles. The van der Waals surface area contributed by atoms with E-state index in [0.717, 1.165) is 24.2 Å². The fraction of sp³-hybridized carbons (Fsp3) is 0.533. The van der Waals surface area contributed by atoms with Crippen molar-refractivity contribution in [1.29, 1.82) is 0 Å². The molecule has 0 heterocycles. The van der Waals surface area contributed by atoms with Crippen LogP contribution in [0, 0.1) is 5.41 Å². The Bertz CT molecular complexity index is 475. The summed E-state index contributed by atoms with van der Waals surface area (Å²) in [7, 11) is 3.24. The Hall–Kier alpha value is -1.51. The van der Waals surface area contributed by atoms with Crippen LogP contribution in [0.3, 0.4) is 0 Å². The molecule has 1 aliphatic carbocycles. The third-order valence-electron chi connectivity index (χ3n) is 3.64. The first-order valence-electron chi connectivity index (χ1n) is 6.25. The molecule has 18 heavy (non-hydrogen) atoms. The highest BCUT2D eigenvalue weighted by Crippen LogP contribution is 2.40. The highest BCUT2D eigenvalue weighted by atomic mass is 16.5. The molecule has 0 spiro atoms. The van der Waals surface area contributed by atoms with Crippen LogP contribution in [-0.2, 0) is 6.42 Å². The molecular formula is C15H20O3. The Labute approximate surface area is 108 Å². The molecular weight excluding hydrogens is 228 g/mol. The van der Waals surface area contributed by atoms with E-state index in [1.165, 1.54) is 0 Å². The van der Waals surface area contributed by atoms with Gasteiger partial charge in [0.15, 0.2) is 5.78 Å². The van der Waals surface area contributed by atoms with Gasteiger partial charge in [0.25, 0.3) is 0 Å². The zero-order chi connectivity index (χ0) is 13.3. The fourth-order valence-electron chi connectivity index (χ4n) is 2.60. The molecule has 1 aliphatic rings. The second kappa shape index (κ2) is 4.63. The number of ketones is 1. The predicted molar refractivity (Wildman–Crippen MR) is 70.6 cm³/mol. The Kier molecular flexibility index (Phi) is 3.33. The van der Waals surface area contributed by atoms with Crippen molar-refractivity contribution in [1.82, 2.24) is 0 Å². The van der Waals surface area contributed by atoms with E-state index in [1.54, 1.807) is 14.2 Å². The van der Waals surface area contributed by atoms with Gasteiger partial charge in [-0.05, 0) is 30.4 Å². The van der Waals surface area contributed by atoms with Crippen LogP contribution in [-0.4, -0.2) is 20.0 Å². The largest absolute Gasteiger partial charge is 0.496 e.